The molecule has 0 radical (unpaired) electrons. The van der Waals surface area contributed by atoms with Crippen LogP contribution in [0.25, 0.3) is 0 Å². The first-order valence-electron chi connectivity index (χ1n) is 21.3. The van der Waals surface area contributed by atoms with Crippen molar-refractivity contribution in [1.82, 2.24) is 5.32 Å². The molecule has 16 nitrogen and oxygen atoms in total. The van der Waals surface area contributed by atoms with Gasteiger partial charge < -0.3 is 32.4 Å². The fourth-order valence-electron chi connectivity index (χ4n) is 9.27. The summed E-state index contributed by atoms with van der Waals surface area (Å²) in [6, 6.07) is 7.62. The van der Waals surface area contributed by atoms with E-state index in [9.17, 15) is 78.5 Å². The van der Waals surface area contributed by atoms with Crippen LogP contribution >= 0.6 is 0 Å². The summed E-state index contributed by atoms with van der Waals surface area (Å²) in [6.07, 6.45) is -3.60. The number of non-ortho nitro benzene ring substituents is 2. The fraction of sp³-hybridized carbons (Fsp3) is 0.522. The van der Waals surface area contributed by atoms with Crippen LogP contribution in [-0.4, -0.2) is 52.2 Å². The van der Waals surface area contributed by atoms with Crippen LogP contribution in [0.2, 0.25) is 0 Å². The Morgan fingerprint density at radius 2 is 0.959 bits per heavy atom. The number of nitrogen functional groups attached to an aromatic ring is 1. The normalized spacial score (nSPS) is 21.8. The van der Waals surface area contributed by atoms with E-state index in [0.29, 0.717) is 61.7 Å². The van der Waals surface area contributed by atoms with Crippen molar-refractivity contribution >= 4 is 52.6 Å². The third-order valence-corrected chi connectivity index (χ3v) is 12.6. The number of carbonyl (C=O) groups excluding carboxylic acids is 4. The molecular weight excluding hydrogens is 1060 g/mol. The van der Waals surface area contributed by atoms with Gasteiger partial charge in [0.25, 0.3) is 17.8 Å². The molecule has 0 unspecified atom stereocenters. The van der Waals surface area contributed by atoms with Gasteiger partial charge in [0.1, 0.15) is 5.82 Å². The number of alkyl halides is 9. The van der Waals surface area contributed by atoms with Crippen molar-refractivity contribution in [1.29, 1.82) is 0 Å². The Balaban J connectivity index is -0.000000915. The topological polar surface area (TPSA) is 231 Å². The Bertz CT molecular complexity index is 2410. The molecular formula is C46H58F10K2N6O10. The number of anilines is 3. The second kappa shape index (κ2) is 30.0. The average Bonchev–Trinajstić information content (AvgIpc) is 3.30. The molecule has 0 aromatic heterocycles. The number of hydrogen-bond acceptors (Lipinski definition) is 11. The number of nitro groups is 2. The van der Waals surface area contributed by atoms with Gasteiger partial charge >= 0.3 is 121 Å². The molecule has 28 heteroatoms. The van der Waals surface area contributed by atoms with Crippen LogP contribution in [0.3, 0.4) is 0 Å². The standard InChI is InChI=1S/C14H13F3N2O3.C14H15F3N2O.C7H3F4NO2.C7H11NO.CH2O3.3CH4.2K.H2.H/c15-14(16,17)11-7-10(19(21)22)5-6-12(11)18-9-3-1-8(2-4-9)13(18)20;15-14(16,17)11-7-9(18)3-6-12(11)19-10-4-1-8(2-5-10)13(19)20;8-6-2-1-4(12(13)14)3-5(6)7(9,10)11;9-7-5-1-3-6(8-7)4-2-5;2-1-4-3;;;;;;;/h5-9H,1-4H2;3,6-8,10H,1-2,4-5,18H2;1-3H;5-6H,1-4H2,(H,8,9);1,3H;3*1H4;;;1H;/q;;;;;;;;2*+1;;-1/p-1. The van der Waals surface area contributed by atoms with Gasteiger partial charge in [0.05, 0.1) is 37.9 Å². The van der Waals surface area contributed by atoms with Crippen LogP contribution in [0, 0.1) is 43.8 Å². The number of amides is 3. The van der Waals surface area contributed by atoms with Gasteiger partial charge in [-0.3, -0.25) is 39.4 Å². The molecule has 6 saturated heterocycles. The molecule has 3 aliphatic carbocycles. The van der Waals surface area contributed by atoms with E-state index in [1.165, 1.54) is 34.8 Å². The first-order chi connectivity index (χ1) is 32.3. The summed E-state index contributed by atoms with van der Waals surface area (Å²) >= 11 is 0. The number of fused-ring (bicyclic) bond motifs is 9. The van der Waals surface area contributed by atoms with Crippen LogP contribution < -0.4 is 129 Å². The Labute approximate surface area is 507 Å². The summed E-state index contributed by atoms with van der Waals surface area (Å²) in [4.78, 5) is 68.3. The van der Waals surface area contributed by atoms with Crippen LogP contribution in [0.5, 0.6) is 0 Å². The molecule has 9 aliphatic rings. The maximum absolute atomic E-state index is 13.3. The molecule has 6 aliphatic heterocycles. The summed E-state index contributed by atoms with van der Waals surface area (Å²) in [7, 11) is 0. The second-order valence-electron chi connectivity index (χ2n) is 16.8. The zero-order valence-corrected chi connectivity index (χ0v) is 44.2. The molecule has 74 heavy (non-hydrogen) atoms. The molecule has 3 aromatic carbocycles. The van der Waals surface area contributed by atoms with Gasteiger partial charge in [-0.15, -0.1) is 0 Å². The Hall–Kier alpha value is -3.33. The quantitative estimate of drug-likeness (QED) is 0.0667. The summed E-state index contributed by atoms with van der Waals surface area (Å²) in [5.41, 5.74) is 0.194. The SMILES string of the molecule is C.C.C.Nc1ccc(N2C(=O)C3CCC2CC3)c(C(F)(F)F)c1.O=C1C2CCC(CC2)N1c1ccc([N+](=O)[O-])cc1C(F)(F)F.O=C1NC2CCC1CC2.O=CO[O-].O=[N+]([O-])c1ccc(F)c(C(F)(F)F)c1.[H-].[HH].[K+].[K+]. The van der Waals surface area contributed by atoms with Crippen LogP contribution in [0.15, 0.2) is 54.6 Å². The molecule has 9 fully saturated rings. The van der Waals surface area contributed by atoms with Gasteiger partial charge in [-0.1, -0.05) is 22.3 Å². The minimum atomic E-state index is -4.92. The van der Waals surface area contributed by atoms with Crippen molar-refractivity contribution in [2.75, 3.05) is 15.5 Å². The largest absolute Gasteiger partial charge is 1.00 e. The van der Waals surface area contributed by atoms with Crippen molar-refractivity contribution in [3.8, 4) is 0 Å². The number of hydrogen-bond donors (Lipinski definition) is 2. The third kappa shape index (κ3) is 17.9. The number of benzene rings is 3. The van der Waals surface area contributed by atoms with Gasteiger partial charge in [-0.25, -0.2) is 4.39 Å². The summed E-state index contributed by atoms with van der Waals surface area (Å²) in [5, 5.41) is 32.2. The Morgan fingerprint density at radius 1 is 0.608 bits per heavy atom. The van der Waals surface area contributed by atoms with E-state index < -0.39 is 62.3 Å². The molecule has 3 amide bonds. The predicted octanol–water partition coefficient (Wildman–Crippen LogP) is 4.85. The predicted molar refractivity (Wildman–Crippen MR) is 243 cm³/mol. The first-order valence-corrected chi connectivity index (χ1v) is 21.3. The third-order valence-electron chi connectivity index (χ3n) is 12.6. The van der Waals surface area contributed by atoms with Crippen molar-refractivity contribution < 1.29 is 189 Å². The number of nitro benzene ring substituents is 2. The van der Waals surface area contributed by atoms with E-state index in [-0.39, 0.29) is 193 Å². The van der Waals surface area contributed by atoms with E-state index in [4.69, 9.17) is 15.8 Å². The van der Waals surface area contributed by atoms with Crippen LogP contribution in [0.4, 0.5) is 72.3 Å². The van der Waals surface area contributed by atoms with Crippen molar-refractivity contribution in [2.45, 2.75) is 136 Å². The van der Waals surface area contributed by atoms with E-state index in [1.807, 2.05) is 0 Å². The zero-order chi connectivity index (χ0) is 51.2. The summed E-state index contributed by atoms with van der Waals surface area (Å²) < 4.78 is 128. The minimum Gasteiger partial charge on any atom is -1.00 e. The number of nitrogens with two attached hydrogens (primary N) is 1. The molecule has 3 aromatic rings. The minimum absolute atomic E-state index is 0. The fourth-order valence-corrected chi connectivity index (χ4v) is 9.27. The molecule has 404 valence electrons. The van der Waals surface area contributed by atoms with E-state index in [2.05, 4.69) is 10.2 Å². The maximum atomic E-state index is 13.3. The molecule has 12 rings (SSSR count). The van der Waals surface area contributed by atoms with E-state index in [0.717, 1.165) is 56.7 Å². The molecule has 6 heterocycles. The number of nitrogens with zero attached hydrogens (tertiary/aromatic N) is 4. The first kappa shape index (κ1) is 70.7. The van der Waals surface area contributed by atoms with Gasteiger partial charge in [-0.2, -0.15) is 39.5 Å². The molecule has 0 atom stereocenters. The number of halogens is 10. The monoisotopic (exact) mass is 1120 g/mol. The number of piperidine rings is 6. The second-order valence-corrected chi connectivity index (χ2v) is 16.8. The van der Waals surface area contributed by atoms with Crippen molar-refractivity contribution in [2.24, 2.45) is 17.8 Å². The molecule has 6 bridgehead atoms. The molecule has 3 N–H and O–H groups in total. The molecule has 3 saturated carbocycles. The maximum Gasteiger partial charge on any atom is 1.00 e. The van der Waals surface area contributed by atoms with Gasteiger partial charge in [0, 0.05) is 67.3 Å². The number of nitrogens with one attached hydrogen (secondary N) is 1. The smallest absolute Gasteiger partial charge is 1.00 e. The Kier molecular flexibility index (Phi) is 28.6. The van der Waals surface area contributed by atoms with Gasteiger partial charge in [-0.05, 0) is 107 Å². The van der Waals surface area contributed by atoms with Crippen LogP contribution in [-0.2, 0) is 42.6 Å². The van der Waals surface area contributed by atoms with E-state index in [1.54, 1.807) is 0 Å². The van der Waals surface area contributed by atoms with Crippen molar-refractivity contribution in [3.63, 3.8) is 0 Å². The zero-order valence-electron chi connectivity index (χ0n) is 39.0. The number of rotatable bonds is 5. The molecule has 0 spiro atoms. The summed E-state index contributed by atoms with van der Waals surface area (Å²) in [5.74, 6) is -1.69. The summed E-state index contributed by atoms with van der Waals surface area (Å²) in [6.45, 7) is -0.181. The van der Waals surface area contributed by atoms with Gasteiger partial charge in [0.15, 0.2) is 0 Å². The number of carbonyl (C=O) groups is 4. The van der Waals surface area contributed by atoms with Crippen molar-refractivity contribution in [3.05, 3.63) is 97.3 Å². The van der Waals surface area contributed by atoms with Crippen LogP contribution in [0.1, 0.15) is 119 Å². The Morgan fingerprint density at radius 3 is 1.27 bits per heavy atom. The van der Waals surface area contributed by atoms with E-state index >= 15 is 0 Å². The average molecular weight is 1120 g/mol. The van der Waals surface area contributed by atoms with Gasteiger partial charge in [0.2, 0.25) is 17.7 Å².